The molecule has 6 heteroatoms. The van der Waals surface area contributed by atoms with Crippen molar-refractivity contribution in [2.24, 2.45) is 4.99 Å². The summed E-state index contributed by atoms with van der Waals surface area (Å²) in [7, 11) is 1.62. The van der Waals surface area contributed by atoms with E-state index >= 15 is 0 Å². The summed E-state index contributed by atoms with van der Waals surface area (Å²) in [5.41, 5.74) is 0.881. The molecule has 23 heavy (non-hydrogen) atoms. The molecule has 2 heterocycles. The maximum Gasteiger partial charge on any atom is 0.286 e. The van der Waals surface area contributed by atoms with Crippen molar-refractivity contribution in [2.45, 2.75) is 26.1 Å². The van der Waals surface area contributed by atoms with Gasteiger partial charge < -0.3 is 14.4 Å². The fraction of sp³-hybridized carbons (Fsp3) is 0.412. The van der Waals surface area contributed by atoms with Crippen molar-refractivity contribution in [3.05, 3.63) is 34.7 Å². The van der Waals surface area contributed by atoms with Gasteiger partial charge in [-0.1, -0.05) is 18.2 Å². The number of nitrogens with zero attached hydrogens (tertiary/aromatic N) is 2. The van der Waals surface area contributed by atoms with Crippen LogP contribution in [-0.2, 0) is 9.53 Å². The summed E-state index contributed by atoms with van der Waals surface area (Å²) >= 11 is 1.42. The number of amides is 1. The zero-order valence-corrected chi connectivity index (χ0v) is 14.3. The number of hydrogen-bond donors (Lipinski definition) is 0. The van der Waals surface area contributed by atoms with E-state index in [0.717, 1.165) is 29.6 Å². The van der Waals surface area contributed by atoms with E-state index in [2.05, 4.69) is 9.89 Å². The van der Waals surface area contributed by atoms with Crippen LogP contribution in [0.4, 0.5) is 0 Å². The highest BCUT2D eigenvalue weighted by Crippen LogP contribution is 2.33. The van der Waals surface area contributed by atoms with Crippen molar-refractivity contribution in [1.82, 2.24) is 4.90 Å². The van der Waals surface area contributed by atoms with Gasteiger partial charge in [0.2, 0.25) is 0 Å². The number of carbonyl (C=O) groups excluding carboxylic acids is 1. The van der Waals surface area contributed by atoms with E-state index in [9.17, 15) is 4.79 Å². The second-order valence-corrected chi connectivity index (χ2v) is 6.72. The second kappa shape index (κ2) is 6.76. The van der Waals surface area contributed by atoms with Crippen LogP contribution >= 0.6 is 11.8 Å². The molecule has 0 aliphatic carbocycles. The highest BCUT2D eigenvalue weighted by Gasteiger charge is 2.31. The molecular weight excluding hydrogens is 312 g/mol. The summed E-state index contributed by atoms with van der Waals surface area (Å²) in [4.78, 5) is 19.2. The number of para-hydroxylation sites is 1. The van der Waals surface area contributed by atoms with Gasteiger partial charge in [0.05, 0.1) is 24.2 Å². The molecule has 1 amide bonds. The highest BCUT2D eigenvalue weighted by molar-refractivity contribution is 8.18. The fourth-order valence-corrected chi connectivity index (χ4v) is 3.72. The fourth-order valence-electron chi connectivity index (χ4n) is 2.79. The van der Waals surface area contributed by atoms with Crippen molar-refractivity contribution in [2.75, 3.05) is 20.2 Å². The molecule has 0 spiro atoms. The summed E-state index contributed by atoms with van der Waals surface area (Å²) in [6.45, 7) is 5.59. The quantitative estimate of drug-likeness (QED) is 0.780. The normalized spacial score (nSPS) is 26.6. The predicted octanol–water partition coefficient (Wildman–Crippen LogP) is 2.77. The third-order valence-corrected chi connectivity index (χ3v) is 4.77. The van der Waals surface area contributed by atoms with Crippen molar-refractivity contribution in [3.63, 3.8) is 0 Å². The van der Waals surface area contributed by atoms with Gasteiger partial charge in [0.25, 0.3) is 5.91 Å². The van der Waals surface area contributed by atoms with Crippen LogP contribution in [0.2, 0.25) is 0 Å². The molecule has 2 aliphatic heterocycles. The van der Waals surface area contributed by atoms with Crippen LogP contribution in [0.15, 0.2) is 34.2 Å². The van der Waals surface area contributed by atoms with E-state index in [4.69, 9.17) is 9.47 Å². The number of rotatable bonds is 2. The average molecular weight is 332 g/mol. The lowest BCUT2D eigenvalue weighted by Crippen LogP contribution is -2.47. The Labute approximate surface area is 140 Å². The number of aliphatic imine (C=N–C) groups is 1. The Morgan fingerprint density at radius 1 is 1.30 bits per heavy atom. The van der Waals surface area contributed by atoms with Gasteiger partial charge in [0.15, 0.2) is 5.17 Å². The lowest BCUT2D eigenvalue weighted by atomic mass is 10.2. The number of morpholine rings is 1. The summed E-state index contributed by atoms with van der Waals surface area (Å²) < 4.78 is 11.1. The van der Waals surface area contributed by atoms with Crippen LogP contribution < -0.4 is 4.74 Å². The first-order valence-corrected chi connectivity index (χ1v) is 8.44. The van der Waals surface area contributed by atoms with E-state index in [1.165, 1.54) is 11.8 Å². The zero-order chi connectivity index (χ0) is 16.4. The monoisotopic (exact) mass is 332 g/mol. The molecule has 0 unspecified atom stereocenters. The maximum atomic E-state index is 12.2. The molecule has 5 nitrogen and oxygen atoms in total. The lowest BCUT2D eigenvalue weighted by molar-refractivity contribution is -0.113. The Morgan fingerprint density at radius 2 is 2.00 bits per heavy atom. The molecule has 1 saturated heterocycles. The number of methoxy groups -OCH3 is 1. The number of thioether (sulfide) groups is 1. The Bertz CT molecular complexity index is 662. The summed E-state index contributed by atoms with van der Waals surface area (Å²) in [6, 6.07) is 7.63. The number of ether oxygens (including phenoxy) is 2. The number of carbonyl (C=O) groups is 1. The van der Waals surface area contributed by atoms with Gasteiger partial charge in [-0.05, 0) is 37.8 Å². The molecule has 0 N–H and O–H groups in total. The molecule has 2 aliphatic rings. The molecule has 0 saturated carbocycles. The number of amidine groups is 1. The third kappa shape index (κ3) is 3.59. The molecule has 1 aromatic rings. The molecule has 0 aromatic heterocycles. The van der Waals surface area contributed by atoms with E-state index < -0.39 is 0 Å². The summed E-state index contributed by atoms with van der Waals surface area (Å²) in [5.74, 6) is 0.554. The molecule has 2 atom stereocenters. The topological polar surface area (TPSA) is 51.1 Å². The van der Waals surface area contributed by atoms with E-state index in [-0.39, 0.29) is 18.1 Å². The van der Waals surface area contributed by atoms with Crippen LogP contribution in [0.3, 0.4) is 0 Å². The molecule has 3 rings (SSSR count). The Hall–Kier alpha value is -1.79. The minimum Gasteiger partial charge on any atom is -0.496 e. The first kappa shape index (κ1) is 16.1. The second-order valence-electron chi connectivity index (χ2n) is 5.71. The van der Waals surface area contributed by atoms with E-state index in [1.807, 2.05) is 44.2 Å². The van der Waals surface area contributed by atoms with Gasteiger partial charge >= 0.3 is 0 Å². The molecule has 0 bridgehead atoms. The van der Waals surface area contributed by atoms with Crippen LogP contribution in [0, 0.1) is 0 Å². The first-order chi connectivity index (χ1) is 11.1. The molecule has 1 aromatic carbocycles. The zero-order valence-electron chi connectivity index (χ0n) is 13.5. The Balaban J connectivity index is 1.78. The Morgan fingerprint density at radius 3 is 2.70 bits per heavy atom. The number of hydrogen-bond acceptors (Lipinski definition) is 5. The van der Waals surface area contributed by atoms with Gasteiger partial charge in [-0.15, -0.1) is 0 Å². The minimum absolute atomic E-state index is 0.138. The van der Waals surface area contributed by atoms with Gasteiger partial charge in [-0.2, -0.15) is 4.99 Å². The van der Waals surface area contributed by atoms with Crippen molar-refractivity contribution in [1.29, 1.82) is 0 Å². The molecular formula is C17H20N2O3S. The molecule has 122 valence electrons. The largest absolute Gasteiger partial charge is 0.496 e. The van der Waals surface area contributed by atoms with Crippen LogP contribution in [0.5, 0.6) is 5.75 Å². The highest BCUT2D eigenvalue weighted by atomic mass is 32.2. The maximum absolute atomic E-state index is 12.2. The lowest BCUT2D eigenvalue weighted by Gasteiger charge is -2.35. The smallest absolute Gasteiger partial charge is 0.286 e. The van der Waals surface area contributed by atoms with E-state index in [1.54, 1.807) is 7.11 Å². The standard InChI is InChI=1S/C17H20N2O3S/c1-11-9-19(10-12(2)22-11)17-18-16(20)15(23-17)8-13-6-4-5-7-14(13)21-3/h4-8,11-12H,9-10H2,1-3H3/b15-8-/t11-,12-/m0/s1. The average Bonchev–Trinajstić information content (AvgIpc) is 2.88. The SMILES string of the molecule is COc1ccccc1/C=C1\SC(N2C[C@H](C)O[C@@H](C)C2)=NC1=O. The van der Waals surface area contributed by atoms with Gasteiger partial charge in [-0.25, -0.2) is 0 Å². The van der Waals surface area contributed by atoms with Crippen molar-refractivity contribution in [3.8, 4) is 5.75 Å². The summed E-state index contributed by atoms with van der Waals surface area (Å²) in [6.07, 6.45) is 2.12. The van der Waals surface area contributed by atoms with Crippen LogP contribution in [-0.4, -0.2) is 48.4 Å². The minimum atomic E-state index is -0.192. The molecule has 1 fully saturated rings. The van der Waals surface area contributed by atoms with Crippen LogP contribution in [0.1, 0.15) is 19.4 Å². The van der Waals surface area contributed by atoms with Crippen molar-refractivity contribution >= 4 is 28.9 Å². The van der Waals surface area contributed by atoms with Crippen LogP contribution in [0.25, 0.3) is 6.08 Å². The van der Waals surface area contributed by atoms with Gasteiger partial charge in [-0.3, -0.25) is 4.79 Å². The van der Waals surface area contributed by atoms with Gasteiger partial charge in [0.1, 0.15) is 5.75 Å². The Kier molecular flexibility index (Phi) is 4.73. The molecule has 0 radical (unpaired) electrons. The van der Waals surface area contributed by atoms with Crippen molar-refractivity contribution < 1.29 is 14.3 Å². The third-order valence-electron chi connectivity index (χ3n) is 3.72. The van der Waals surface area contributed by atoms with E-state index in [0.29, 0.717) is 4.91 Å². The summed E-state index contributed by atoms with van der Waals surface area (Å²) in [5, 5.41) is 0.762. The predicted molar refractivity (Wildman–Crippen MR) is 92.6 cm³/mol. The first-order valence-electron chi connectivity index (χ1n) is 7.63. The van der Waals surface area contributed by atoms with Gasteiger partial charge in [0, 0.05) is 18.7 Å². The number of benzene rings is 1.